The third-order valence-electron chi connectivity index (χ3n) is 3.31. The van der Waals surface area contributed by atoms with Gasteiger partial charge in [0.1, 0.15) is 5.82 Å². The van der Waals surface area contributed by atoms with Gasteiger partial charge in [-0.05, 0) is 19.8 Å². The molecule has 5 heteroatoms. The van der Waals surface area contributed by atoms with E-state index in [1.165, 1.54) is 32.1 Å². The predicted octanol–water partition coefficient (Wildman–Crippen LogP) is 2.76. The topological polar surface area (TPSA) is 76.1 Å². The average molecular weight is 251 g/mol. The van der Waals surface area contributed by atoms with Crippen LogP contribution in [0.5, 0.6) is 0 Å². The van der Waals surface area contributed by atoms with Crippen LogP contribution < -0.4 is 16.4 Å². The average Bonchev–Trinajstić information content (AvgIpc) is 2.32. The first-order valence-electron chi connectivity index (χ1n) is 6.44. The molecule has 4 N–H and O–H groups in total. The summed E-state index contributed by atoms with van der Waals surface area (Å²) in [4.78, 5) is 11.0. The minimum Gasteiger partial charge on any atom is -0.362 e. The molecule has 0 bridgehead atoms. The Balaban J connectivity index is 0.00000162. The third kappa shape index (κ3) is 3.57. The van der Waals surface area contributed by atoms with Gasteiger partial charge in [-0.15, -0.1) is 0 Å². The predicted molar refractivity (Wildman–Crippen MR) is 76.6 cm³/mol. The number of nitrogens with zero attached hydrogens (tertiary/aromatic N) is 3. The van der Waals surface area contributed by atoms with E-state index in [0.29, 0.717) is 6.04 Å². The summed E-state index contributed by atoms with van der Waals surface area (Å²) in [5.41, 5.74) is 1.11. The molecule has 102 valence electrons. The summed E-state index contributed by atoms with van der Waals surface area (Å²) in [5, 5.41) is 3.45. The zero-order valence-corrected chi connectivity index (χ0v) is 11.7. The Morgan fingerprint density at radius 1 is 1.22 bits per heavy atom. The number of rotatable bonds is 3. The molecule has 2 rings (SSSR count). The molecule has 1 aromatic rings. The van der Waals surface area contributed by atoms with Crippen LogP contribution in [0.3, 0.4) is 0 Å². The molecule has 0 unspecified atom stereocenters. The molecule has 0 spiro atoms. The van der Waals surface area contributed by atoms with E-state index < -0.39 is 0 Å². The van der Waals surface area contributed by atoms with Crippen LogP contribution in [0, 0.1) is 6.92 Å². The maximum atomic E-state index is 4.57. The van der Waals surface area contributed by atoms with E-state index >= 15 is 0 Å². The van der Waals surface area contributed by atoms with E-state index in [-0.39, 0.29) is 6.15 Å². The largest absolute Gasteiger partial charge is 0.362 e. The van der Waals surface area contributed by atoms with Gasteiger partial charge in [0.05, 0.1) is 0 Å². The molecule has 18 heavy (non-hydrogen) atoms. The molecular formula is C13H25N5. The van der Waals surface area contributed by atoms with Crippen LogP contribution in [-0.4, -0.2) is 30.1 Å². The number of anilines is 2. The van der Waals surface area contributed by atoms with Crippen LogP contribution in [0.1, 0.15) is 37.7 Å². The Morgan fingerprint density at radius 2 is 1.89 bits per heavy atom. The molecule has 1 heterocycles. The van der Waals surface area contributed by atoms with Gasteiger partial charge in [0, 0.05) is 31.9 Å². The molecule has 1 aliphatic carbocycles. The van der Waals surface area contributed by atoms with Crippen molar-refractivity contribution in [3.8, 4) is 0 Å². The van der Waals surface area contributed by atoms with E-state index in [1.807, 2.05) is 32.1 Å². The van der Waals surface area contributed by atoms with Crippen LogP contribution in [0.2, 0.25) is 0 Å². The first kappa shape index (κ1) is 14.7. The van der Waals surface area contributed by atoms with Gasteiger partial charge in [-0.25, -0.2) is 4.98 Å². The fraction of sp³-hybridized carbons (Fsp3) is 0.692. The Bertz CT molecular complexity index is 372. The van der Waals surface area contributed by atoms with Crippen molar-refractivity contribution in [2.45, 2.75) is 45.1 Å². The molecule has 1 saturated carbocycles. The molecule has 0 aliphatic heterocycles. The molecule has 5 nitrogen and oxygen atoms in total. The van der Waals surface area contributed by atoms with Gasteiger partial charge in [0.25, 0.3) is 0 Å². The van der Waals surface area contributed by atoms with Crippen LogP contribution in [0.25, 0.3) is 0 Å². The van der Waals surface area contributed by atoms with Gasteiger partial charge < -0.3 is 16.4 Å². The first-order valence-corrected chi connectivity index (χ1v) is 6.44. The van der Waals surface area contributed by atoms with Crippen molar-refractivity contribution in [3.63, 3.8) is 0 Å². The quantitative estimate of drug-likeness (QED) is 0.864. The Kier molecular flexibility index (Phi) is 5.34. The Hall–Kier alpha value is -1.36. The van der Waals surface area contributed by atoms with Crippen molar-refractivity contribution in [2.24, 2.45) is 0 Å². The van der Waals surface area contributed by atoms with Crippen LogP contribution in [-0.2, 0) is 0 Å². The van der Waals surface area contributed by atoms with Gasteiger partial charge in [-0.3, -0.25) is 0 Å². The van der Waals surface area contributed by atoms with E-state index in [9.17, 15) is 0 Å². The van der Waals surface area contributed by atoms with E-state index in [1.54, 1.807) is 0 Å². The summed E-state index contributed by atoms with van der Waals surface area (Å²) in [6.45, 7) is 2.04. The smallest absolute Gasteiger partial charge is 0.224 e. The summed E-state index contributed by atoms with van der Waals surface area (Å²) in [7, 11) is 4.03. The number of hydrogen-bond acceptors (Lipinski definition) is 5. The second-order valence-corrected chi connectivity index (χ2v) is 5.07. The summed E-state index contributed by atoms with van der Waals surface area (Å²) in [6, 6.07) is 0.557. The van der Waals surface area contributed by atoms with Crippen LogP contribution in [0.15, 0.2) is 6.20 Å². The first-order chi connectivity index (χ1) is 8.16. The maximum absolute atomic E-state index is 4.57. The Morgan fingerprint density at radius 3 is 2.50 bits per heavy atom. The lowest BCUT2D eigenvalue weighted by Crippen LogP contribution is -2.24. The normalized spacial score (nSPS) is 15.9. The van der Waals surface area contributed by atoms with Crippen molar-refractivity contribution in [1.29, 1.82) is 0 Å². The highest BCUT2D eigenvalue weighted by Gasteiger charge is 2.14. The summed E-state index contributed by atoms with van der Waals surface area (Å²) >= 11 is 0. The standard InChI is InChI=1S/C13H22N4.H3N/c1-10-9-14-13(16-12(10)17(2)3)15-11-7-5-4-6-8-11;/h9,11H,4-8H2,1-3H3,(H,14,15,16);1H3. The number of hydrogen-bond donors (Lipinski definition) is 2. The van der Waals surface area contributed by atoms with E-state index in [4.69, 9.17) is 0 Å². The summed E-state index contributed by atoms with van der Waals surface area (Å²) in [6.07, 6.45) is 8.40. The molecule has 1 aromatic heterocycles. The highest BCUT2D eigenvalue weighted by Crippen LogP contribution is 2.21. The van der Waals surface area contributed by atoms with Crippen molar-refractivity contribution in [3.05, 3.63) is 11.8 Å². The zero-order valence-electron chi connectivity index (χ0n) is 11.7. The second kappa shape index (κ2) is 6.54. The lowest BCUT2D eigenvalue weighted by molar-refractivity contribution is 0.461. The lowest BCUT2D eigenvalue weighted by atomic mass is 9.96. The van der Waals surface area contributed by atoms with Crippen LogP contribution >= 0.6 is 0 Å². The van der Waals surface area contributed by atoms with Crippen LogP contribution in [0.4, 0.5) is 11.8 Å². The number of aromatic nitrogens is 2. The lowest BCUT2D eigenvalue weighted by Gasteiger charge is -2.23. The molecule has 0 radical (unpaired) electrons. The van der Waals surface area contributed by atoms with Gasteiger partial charge in [-0.2, -0.15) is 4.98 Å². The SMILES string of the molecule is Cc1cnc(NC2CCCCC2)nc1N(C)C.N. The third-order valence-corrected chi connectivity index (χ3v) is 3.31. The highest BCUT2D eigenvalue weighted by atomic mass is 15.2. The summed E-state index contributed by atoms with van der Waals surface area (Å²) in [5.74, 6) is 1.77. The Labute approximate surface area is 110 Å². The van der Waals surface area contributed by atoms with Gasteiger partial charge in [-0.1, -0.05) is 19.3 Å². The monoisotopic (exact) mass is 251 g/mol. The van der Waals surface area contributed by atoms with Gasteiger partial charge in [0.15, 0.2) is 0 Å². The number of aryl methyl sites for hydroxylation is 1. The van der Waals surface area contributed by atoms with Crippen molar-refractivity contribution >= 4 is 11.8 Å². The van der Waals surface area contributed by atoms with Crippen molar-refractivity contribution in [2.75, 3.05) is 24.3 Å². The van der Waals surface area contributed by atoms with Crippen molar-refractivity contribution in [1.82, 2.24) is 16.1 Å². The molecule has 0 amide bonds. The molecule has 0 saturated heterocycles. The minimum absolute atomic E-state index is 0. The van der Waals surface area contributed by atoms with E-state index in [2.05, 4.69) is 15.3 Å². The molecule has 1 aliphatic rings. The molecule has 1 fully saturated rings. The number of nitrogens with one attached hydrogen (secondary N) is 1. The highest BCUT2D eigenvalue weighted by molar-refractivity contribution is 5.47. The molecular weight excluding hydrogens is 226 g/mol. The second-order valence-electron chi connectivity index (χ2n) is 5.07. The van der Waals surface area contributed by atoms with Gasteiger partial charge in [0.2, 0.25) is 5.95 Å². The summed E-state index contributed by atoms with van der Waals surface area (Å²) < 4.78 is 0. The molecule has 0 atom stereocenters. The maximum Gasteiger partial charge on any atom is 0.224 e. The van der Waals surface area contributed by atoms with Gasteiger partial charge >= 0.3 is 0 Å². The molecule has 0 aromatic carbocycles. The fourth-order valence-corrected chi connectivity index (χ4v) is 2.38. The van der Waals surface area contributed by atoms with Crippen molar-refractivity contribution < 1.29 is 0 Å². The fourth-order valence-electron chi connectivity index (χ4n) is 2.38. The minimum atomic E-state index is 0. The zero-order chi connectivity index (χ0) is 12.3. The van der Waals surface area contributed by atoms with E-state index in [0.717, 1.165) is 17.3 Å².